The number of Topliss-reactive ketones (excluding diaryl/α,β-unsaturated/α-hetero) is 1. The van der Waals surface area contributed by atoms with Gasteiger partial charge in [0.25, 0.3) is 0 Å². The van der Waals surface area contributed by atoms with Gasteiger partial charge < -0.3 is 55.4 Å². The average Bonchev–Trinajstić information content (AvgIpc) is 3.19. The van der Waals surface area contributed by atoms with E-state index in [0.29, 0.717) is 24.0 Å². The summed E-state index contributed by atoms with van der Waals surface area (Å²) in [6, 6.07) is 1.56. The number of hydrogen-bond acceptors (Lipinski definition) is 12. The van der Waals surface area contributed by atoms with Crippen molar-refractivity contribution in [2.75, 3.05) is 6.61 Å². The lowest BCUT2D eigenvalue weighted by molar-refractivity contribution is -0.277. The number of carbonyl (C=O) groups is 1. The van der Waals surface area contributed by atoms with Crippen molar-refractivity contribution >= 4 is 5.78 Å². The van der Waals surface area contributed by atoms with Gasteiger partial charge in [-0.3, -0.25) is 4.79 Å². The van der Waals surface area contributed by atoms with Gasteiger partial charge in [0.05, 0.1) is 35.4 Å². The molecule has 3 fully saturated rings. The molecule has 0 bridgehead atoms. The van der Waals surface area contributed by atoms with Crippen LogP contribution in [-0.2, 0) is 21.4 Å². The molecule has 1 heterocycles. The van der Waals surface area contributed by atoms with Gasteiger partial charge in [-0.15, -0.1) is 0 Å². The van der Waals surface area contributed by atoms with Gasteiger partial charge in [-0.2, -0.15) is 0 Å². The number of carbonyl (C=O) groups excluding carboxylic acids is 1. The molecule has 0 spiro atoms. The Kier molecular flexibility index (Phi) is 9.20. The Morgan fingerprint density at radius 1 is 1.04 bits per heavy atom. The van der Waals surface area contributed by atoms with Crippen LogP contribution in [0.4, 0.5) is 0 Å². The predicted molar refractivity (Wildman–Crippen MR) is 169 cm³/mol. The molecule has 12 nitrogen and oxygen atoms in total. The number of hydrogen-bond donors (Lipinski definition) is 9. The van der Waals surface area contributed by atoms with Crippen LogP contribution in [-0.4, -0.2) is 112 Å². The molecule has 1 saturated heterocycles. The van der Waals surface area contributed by atoms with Crippen molar-refractivity contribution in [2.24, 2.45) is 22.7 Å². The maximum atomic E-state index is 14.6. The van der Waals surface area contributed by atoms with Crippen molar-refractivity contribution in [3.8, 4) is 11.5 Å². The summed E-state index contributed by atoms with van der Waals surface area (Å²) in [6.07, 6.45) is -8.28. The molecule has 3 aliphatic carbocycles. The molecule has 2 saturated carbocycles. The van der Waals surface area contributed by atoms with E-state index in [0.717, 1.165) is 5.56 Å². The summed E-state index contributed by atoms with van der Waals surface area (Å²) in [5.41, 5.74) is -3.57. The first-order valence-corrected chi connectivity index (χ1v) is 16.7. The van der Waals surface area contributed by atoms with Crippen LogP contribution in [0.3, 0.4) is 0 Å². The van der Waals surface area contributed by atoms with Gasteiger partial charge in [0.15, 0.2) is 11.5 Å². The lowest BCUT2D eigenvalue weighted by Crippen LogP contribution is -2.64. The van der Waals surface area contributed by atoms with Crippen LogP contribution in [0.1, 0.15) is 90.3 Å². The Balaban J connectivity index is 1.53. The van der Waals surface area contributed by atoms with E-state index >= 15 is 0 Å². The molecule has 12 heteroatoms. The fraction of sp³-hybridized carbons (Fsp3) is 0.800. The number of aliphatic hydroxyl groups is 8. The van der Waals surface area contributed by atoms with Gasteiger partial charge in [-0.1, -0.05) is 13.8 Å². The van der Waals surface area contributed by atoms with Crippen LogP contribution >= 0.6 is 0 Å². The highest BCUT2D eigenvalue weighted by Gasteiger charge is 2.73. The van der Waals surface area contributed by atoms with Gasteiger partial charge in [0, 0.05) is 12.3 Å². The summed E-state index contributed by atoms with van der Waals surface area (Å²) >= 11 is 0. The highest BCUT2D eigenvalue weighted by Crippen LogP contribution is 2.72. The van der Waals surface area contributed by atoms with Crippen molar-refractivity contribution in [3.05, 3.63) is 22.8 Å². The number of benzene rings is 1. The van der Waals surface area contributed by atoms with Crippen LogP contribution in [0.2, 0.25) is 0 Å². The van der Waals surface area contributed by atoms with Crippen molar-refractivity contribution < 1.29 is 60.2 Å². The Bertz CT molecular complexity index is 1370. The quantitative estimate of drug-likeness (QED) is 0.188. The zero-order valence-corrected chi connectivity index (χ0v) is 28.5. The van der Waals surface area contributed by atoms with E-state index < -0.39 is 82.9 Å². The molecule has 1 aliphatic heterocycles. The van der Waals surface area contributed by atoms with Gasteiger partial charge >= 0.3 is 0 Å². The predicted octanol–water partition coefficient (Wildman–Crippen LogP) is 0.729. The molecule has 0 aromatic heterocycles. The normalized spacial score (nSPS) is 42.2. The van der Waals surface area contributed by atoms with Crippen LogP contribution in [0, 0.1) is 29.6 Å². The first-order valence-electron chi connectivity index (χ1n) is 16.7. The highest BCUT2D eigenvalue weighted by molar-refractivity contribution is 5.93. The van der Waals surface area contributed by atoms with Crippen LogP contribution in [0.25, 0.3) is 0 Å². The van der Waals surface area contributed by atoms with E-state index in [2.05, 4.69) is 6.92 Å². The fourth-order valence-corrected chi connectivity index (χ4v) is 10.0. The molecule has 5 rings (SSSR count). The molecule has 4 aliphatic rings. The summed E-state index contributed by atoms with van der Waals surface area (Å²) in [7, 11) is 0. The van der Waals surface area contributed by atoms with Gasteiger partial charge in [-0.05, 0) is 106 Å². The molecule has 1 aromatic rings. The second-order valence-corrected chi connectivity index (χ2v) is 16.3. The molecule has 9 N–H and O–H groups in total. The summed E-state index contributed by atoms with van der Waals surface area (Å²) in [5, 5.41) is 96.9. The lowest BCUT2D eigenvalue weighted by atomic mass is 9.41. The maximum absolute atomic E-state index is 14.6. The van der Waals surface area contributed by atoms with Crippen molar-refractivity contribution in [3.63, 3.8) is 0 Å². The monoisotopic (exact) mass is 666 g/mol. The Labute approximate surface area is 276 Å². The number of fused-ring (bicyclic) bond motifs is 5. The molecule has 266 valence electrons. The number of rotatable bonds is 8. The summed E-state index contributed by atoms with van der Waals surface area (Å²) < 4.78 is 11.4. The molecule has 0 amide bonds. The maximum Gasteiger partial charge on any atom is 0.229 e. The number of ether oxygens (including phenoxy) is 2. The summed E-state index contributed by atoms with van der Waals surface area (Å²) in [5.74, 6) is -1.58. The number of phenols is 1. The molecule has 13 atom stereocenters. The van der Waals surface area contributed by atoms with Gasteiger partial charge in [0.1, 0.15) is 30.2 Å². The van der Waals surface area contributed by atoms with Crippen LogP contribution in [0.5, 0.6) is 11.5 Å². The van der Waals surface area contributed by atoms with Gasteiger partial charge in [0.2, 0.25) is 6.29 Å². The van der Waals surface area contributed by atoms with Crippen LogP contribution < -0.4 is 4.74 Å². The van der Waals surface area contributed by atoms with Crippen LogP contribution in [0.15, 0.2) is 6.07 Å². The molecular weight excluding hydrogens is 612 g/mol. The Hall–Kier alpha value is -1.87. The summed E-state index contributed by atoms with van der Waals surface area (Å²) in [4.78, 5) is 14.6. The van der Waals surface area contributed by atoms with Crippen molar-refractivity contribution in [2.45, 2.75) is 147 Å². The number of ketones is 1. The second kappa shape index (κ2) is 11.9. The minimum Gasteiger partial charge on any atom is -0.504 e. The largest absolute Gasteiger partial charge is 0.504 e. The first kappa shape index (κ1) is 36.4. The van der Waals surface area contributed by atoms with Gasteiger partial charge in [-0.25, -0.2) is 0 Å². The van der Waals surface area contributed by atoms with E-state index in [1.807, 2.05) is 13.8 Å². The second-order valence-electron chi connectivity index (χ2n) is 16.3. The third kappa shape index (κ3) is 5.43. The third-order valence-electron chi connectivity index (χ3n) is 12.9. The molecule has 47 heavy (non-hydrogen) atoms. The lowest BCUT2D eigenvalue weighted by Gasteiger charge is -2.62. The van der Waals surface area contributed by atoms with E-state index in [-0.39, 0.29) is 48.9 Å². The van der Waals surface area contributed by atoms with E-state index in [1.165, 1.54) is 6.92 Å². The number of phenolic OH excluding ortho intramolecular Hbond substituents is 1. The highest BCUT2D eigenvalue weighted by atomic mass is 16.7. The third-order valence-corrected chi connectivity index (χ3v) is 12.9. The Morgan fingerprint density at radius 2 is 1.68 bits per heavy atom. The summed E-state index contributed by atoms with van der Waals surface area (Å²) in [6.45, 7) is 11.7. The molecular formula is C35H54O12. The minimum atomic E-state index is -1.76. The zero-order valence-electron chi connectivity index (χ0n) is 28.5. The fourth-order valence-electron chi connectivity index (χ4n) is 10.0. The minimum absolute atomic E-state index is 0.00878. The van der Waals surface area contributed by atoms with E-state index in [4.69, 9.17) is 9.47 Å². The average molecular weight is 667 g/mol. The SMILES string of the molecule is Cc1c(O)c(O[C@@H]2O[C@H](CO)[C@@H](O)[C@H](O)[C@H]2O)cc2c1CC[C@H]1[C@@]2(C)C(=O)C[C@]2(C)[C@@H]([C@@](C)(O)[C@H](O)CCC(C)(C)O)[C@H](O)C[C@@]12C. The zero-order chi connectivity index (χ0) is 35.2. The van der Waals surface area contributed by atoms with Crippen molar-refractivity contribution in [1.29, 1.82) is 0 Å². The Morgan fingerprint density at radius 3 is 2.28 bits per heavy atom. The number of aliphatic hydroxyl groups excluding tert-OH is 6. The van der Waals surface area contributed by atoms with E-state index in [1.54, 1.807) is 26.8 Å². The first-order chi connectivity index (χ1) is 21.6. The standard InChI is InChI=1S/C35H54O12/c1-16-17-8-9-22-32(4)13-19(37)29(35(7,45)23(38)10-11-31(2,3)44)33(32,5)14-24(39)34(22,6)18(17)12-20(25(16)40)46-30-28(43)27(42)26(41)21(15-36)47-30/h12,19,21-23,26-30,36-38,40-45H,8-11,13-15H2,1-7H3/t19-,21-,22-,23-,26-,27+,28-,29+,30-,32+,33-,34+,35+/m1/s1. The molecule has 0 radical (unpaired) electrons. The smallest absolute Gasteiger partial charge is 0.229 e. The number of aromatic hydroxyl groups is 1. The molecule has 0 unspecified atom stereocenters. The van der Waals surface area contributed by atoms with E-state index in [9.17, 15) is 50.8 Å². The molecule has 1 aromatic carbocycles. The topological polar surface area (TPSA) is 218 Å². The van der Waals surface area contributed by atoms with Crippen molar-refractivity contribution in [1.82, 2.24) is 0 Å².